The van der Waals surface area contributed by atoms with Crippen LogP contribution in [0.4, 0.5) is 10.2 Å². The van der Waals surface area contributed by atoms with Crippen LogP contribution in [0, 0.1) is 12.7 Å². The standard InChI is InChI=1S/C10H9FN2/c1-6-4-7-2-3-10(12)13-9(7)5-8(6)11/h2-5H,1H3,(H2,12,13). The Balaban J connectivity index is 2.81. The quantitative estimate of drug-likeness (QED) is 0.668. The highest BCUT2D eigenvalue weighted by Crippen LogP contribution is 2.17. The SMILES string of the molecule is Cc1cc2ccc(N)nc2cc1F. The van der Waals surface area contributed by atoms with Gasteiger partial charge in [-0.2, -0.15) is 0 Å². The number of aryl methyl sites for hydroxylation is 1. The Morgan fingerprint density at radius 3 is 2.85 bits per heavy atom. The fourth-order valence-electron chi connectivity index (χ4n) is 1.28. The minimum Gasteiger partial charge on any atom is -0.384 e. The van der Waals surface area contributed by atoms with Gasteiger partial charge in [0.2, 0.25) is 0 Å². The number of fused-ring (bicyclic) bond motifs is 1. The highest BCUT2D eigenvalue weighted by molar-refractivity contribution is 5.80. The Morgan fingerprint density at radius 2 is 2.08 bits per heavy atom. The van der Waals surface area contributed by atoms with Gasteiger partial charge in [-0.1, -0.05) is 0 Å². The van der Waals surface area contributed by atoms with Gasteiger partial charge in [-0.15, -0.1) is 0 Å². The second-order valence-electron chi connectivity index (χ2n) is 3.03. The molecule has 1 heterocycles. The van der Waals surface area contributed by atoms with Gasteiger partial charge in [-0.3, -0.25) is 0 Å². The maximum Gasteiger partial charge on any atom is 0.128 e. The zero-order valence-corrected chi connectivity index (χ0v) is 7.21. The summed E-state index contributed by atoms with van der Waals surface area (Å²) in [5, 5.41) is 0.910. The van der Waals surface area contributed by atoms with Crippen molar-refractivity contribution in [1.82, 2.24) is 4.98 Å². The number of hydrogen-bond acceptors (Lipinski definition) is 2. The van der Waals surface area contributed by atoms with Gasteiger partial charge in [0.15, 0.2) is 0 Å². The highest BCUT2D eigenvalue weighted by Gasteiger charge is 2.01. The molecular formula is C10H9FN2. The molecular weight excluding hydrogens is 167 g/mol. The molecule has 2 nitrogen and oxygen atoms in total. The monoisotopic (exact) mass is 176 g/mol. The Morgan fingerprint density at radius 1 is 1.31 bits per heavy atom. The number of nitrogens with two attached hydrogens (primary N) is 1. The Hall–Kier alpha value is -1.64. The van der Waals surface area contributed by atoms with E-state index in [0.29, 0.717) is 16.9 Å². The normalized spacial score (nSPS) is 10.6. The van der Waals surface area contributed by atoms with E-state index in [1.807, 2.05) is 6.07 Å². The predicted molar refractivity (Wildman–Crippen MR) is 50.9 cm³/mol. The molecule has 0 saturated heterocycles. The first-order valence-corrected chi connectivity index (χ1v) is 3.99. The molecule has 0 unspecified atom stereocenters. The molecule has 2 rings (SSSR count). The van der Waals surface area contributed by atoms with Crippen LogP contribution >= 0.6 is 0 Å². The number of aromatic nitrogens is 1. The molecule has 0 saturated carbocycles. The lowest BCUT2D eigenvalue weighted by atomic mass is 10.1. The van der Waals surface area contributed by atoms with Crippen LogP contribution in [-0.2, 0) is 0 Å². The van der Waals surface area contributed by atoms with E-state index in [1.165, 1.54) is 6.07 Å². The van der Waals surface area contributed by atoms with E-state index in [0.717, 1.165) is 5.39 Å². The van der Waals surface area contributed by atoms with E-state index >= 15 is 0 Å². The Kier molecular flexibility index (Phi) is 1.65. The number of hydrogen-bond donors (Lipinski definition) is 1. The molecule has 0 amide bonds. The van der Waals surface area contributed by atoms with E-state index in [2.05, 4.69) is 4.98 Å². The van der Waals surface area contributed by atoms with Gasteiger partial charge in [0.25, 0.3) is 0 Å². The Bertz CT molecular complexity index is 466. The second-order valence-corrected chi connectivity index (χ2v) is 3.03. The van der Waals surface area contributed by atoms with Crippen LogP contribution in [0.15, 0.2) is 24.3 Å². The van der Waals surface area contributed by atoms with Gasteiger partial charge in [-0.05, 0) is 30.7 Å². The summed E-state index contributed by atoms with van der Waals surface area (Å²) in [6, 6.07) is 6.71. The average Bonchev–Trinajstić information content (AvgIpc) is 2.08. The van der Waals surface area contributed by atoms with E-state index in [9.17, 15) is 4.39 Å². The average molecular weight is 176 g/mol. The fourth-order valence-corrected chi connectivity index (χ4v) is 1.28. The summed E-state index contributed by atoms with van der Waals surface area (Å²) in [5.41, 5.74) is 6.70. The van der Waals surface area contributed by atoms with Gasteiger partial charge in [0, 0.05) is 11.5 Å². The van der Waals surface area contributed by atoms with Crippen LogP contribution in [0.5, 0.6) is 0 Å². The summed E-state index contributed by atoms with van der Waals surface area (Å²) in [7, 11) is 0. The molecule has 3 heteroatoms. The smallest absolute Gasteiger partial charge is 0.128 e. The number of anilines is 1. The van der Waals surface area contributed by atoms with Gasteiger partial charge in [0.1, 0.15) is 11.6 Å². The van der Waals surface area contributed by atoms with Crippen LogP contribution in [-0.4, -0.2) is 4.98 Å². The summed E-state index contributed by atoms with van der Waals surface area (Å²) < 4.78 is 13.1. The molecule has 0 fully saturated rings. The number of halogens is 1. The second kappa shape index (κ2) is 2.69. The lowest BCUT2D eigenvalue weighted by Crippen LogP contribution is -1.91. The van der Waals surface area contributed by atoms with Crippen molar-refractivity contribution in [2.75, 3.05) is 5.73 Å². The van der Waals surface area contributed by atoms with Crippen LogP contribution < -0.4 is 5.73 Å². The van der Waals surface area contributed by atoms with E-state index < -0.39 is 0 Å². The van der Waals surface area contributed by atoms with Crippen molar-refractivity contribution in [1.29, 1.82) is 0 Å². The number of nitrogens with zero attached hydrogens (tertiary/aromatic N) is 1. The first-order chi connectivity index (χ1) is 6.16. The number of nitrogen functional groups attached to an aromatic ring is 1. The molecule has 2 aromatic rings. The third kappa shape index (κ3) is 1.33. The lowest BCUT2D eigenvalue weighted by molar-refractivity contribution is 0.620. The summed E-state index contributed by atoms with van der Waals surface area (Å²) in [6.45, 7) is 1.73. The zero-order valence-electron chi connectivity index (χ0n) is 7.21. The summed E-state index contributed by atoms with van der Waals surface area (Å²) >= 11 is 0. The molecule has 0 aliphatic carbocycles. The van der Waals surface area contributed by atoms with E-state index in [-0.39, 0.29) is 5.82 Å². The molecule has 66 valence electrons. The molecule has 2 N–H and O–H groups in total. The zero-order chi connectivity index (χ0) is 9.42. The molecule has 1 aromatic carbocycles. The van der Waals surface area contributed by atoms with Crippen LogP contribution in [0.25, 0.3) is 10.9 Å². The van der Waals surface area contributed by atoms with Crippen molar-refractivity contribution in [2.45, 2.75) is 6.92 Å². The van der Waals surface area contributed by atoms with Crippen molar-refractivity contribution in [3.8, 4) is 0 Å². The minimum absolute atomic E-state index is 0.245. The van der Waals surface area contributed by atoms with Gasteiger partial charge in [0.05, 0.1) is 5.52 Å². The summed E-state index contributed by atoms with van der Waals surface area (Å²) in [6.07, 6.45) is 0. The molecule has 0 bridgehead atoms. The van der Waals surface area contributed by atoms with Crippen molar-refractivity contribution in [2.24, 2.45) is 0 Å². The van der Waals surface area contributed by atoms with E-state index in [4.69, 9.17) is 5.73 Å². The molecule has 0 atom stereocenters. The molecule has 0 aliphatic heterocycles. The highest BCUT2D eigenvalue weighted by atomic mass is 19.1. The molecule has 13 heavy (non-hydrogen) atoms. The van der Waals surface area contributed by atoms with Crippen LogP contribution in [0.3, 0.4) is 0 Å². The minimum atomic E-state index is -0.245. The van der Waals surface area contributed by atoms with Gasteiger partial charge in [-0.25, -0.2) is 9.37 Å². The number of pyridine rings is 1. The van der Waals surface area contributed by atoms with Gasteiger partial charge >= 0.3 is 0 Å². The largest absolute Gasteiger partial charge is 0.384 e. The van der Waals surface area contributed by atoms with E-state index in [1.54, 1.807) is 19.1 Å². The molecule has 0 spiro atoms. The van der Waals surface area contributed by atoms with Crippen molar-refractivity contribution < 1.29 is 4.39 Å². The molecule has 0 aliphatic rings. The Labute approximate surface area is 75.2 Å². The topological polar surface area (TPSA) is 38.9 Å². The van der Waals surface area contributed by atoms with Gasteiger partial charge < -0.3 is 5.73 Å². The third-order valence-corrected chi connectivity index (χ3v) is 1.99. The first-order valence-electron chi connectivity index (χ1n) is 3.99. The maximum absolute atomic E-state index is 13.1. The first kappa shape index (κ1) is 7.98. The lowest BCUT2D eigenvalue weighted by Gasteiger charge is -2.01. The fraction of sp³-hybridized carbons (Fsp3) is 0.100. The maximum atomic E-state index is 13.1. The molecule has 0 radical (unpaired) electrons. The number of benzene rings is 1. The van der Waals surface area contributed by atoms with Crippen molar-refractivity contribution >= 4 is 16.7 Å². The van der Waals surface area contributed by atoms with Crippen LogP contribution in [0.1, 0.15) is 5.56 Å². The molecule has 1 aromatic heterocycles. The number of rotatable bonds is 0. The predicted octanol–water partition coefficient (Wildman–Crippen LogP) is 2.26. The summed E-state index contributed by atoms with van der Waals surface area (Å²) in [4.78, 5) is 4.02. The van der Waals surface area contributed by atoms with Crippen molar-refractivity contribution in [3.05, 3.63) is 35.6 Å². The summed E-state index contributed by atoms with van der Waals surface area (Å²) in [5.74, 6) is 0.168. The third-order valence-electron chi connectivity index (χ3n) is 1.99. The van der Waals surface area contributed by atoms with Crippen LogP contribution in [0.2, 0.25) is 0 Å². The van der Waals surface area contributed by atoms with Crippen molar-refractivity contribution in [3.63, 3.8) is 0 Å².